The molecule has 1 atom stereocenters. The van der Waals surface area contributed by atoms with Crippen LogP contribution in [0.4, 0.5) is 4.79 Å². The van der Waals surface area contributed by atoms with E-state index in [0.717, 1.165) is 34.4 Å². The van der Waals surface area contributed by atoms with Gasteiger partial charge in [-0.1, -0.05) is 42.5 Å². The maximum absolute atomic E-state index is 13.0. The molecule has 0 radical (unpaired) electrons. The van der Waals surface area contributed by atoms with Crippen molar-refractivity contribution >= 4 is 28.9 Å². The fraction of sp³-hybridized carbons (Fsp3) is 0.385. The Morgan fingerprint density at radius 3 is 2.47 bits per heavy atom. The Kier molecular flexibility index (Phi) is 6.36. The number of imidazole rings is 1. The van der Waals surface area contributed by atoms with E-state index in [-0.39, 0.29) is 18.3 Å². The summed E-state index contributed by atoms with van der Waals surface area (Å²) < 4.78 is 1.80. The lowest BCUT2D eigenvalue weighted by molar-refractivity contribution is -0.139. The number of hydrogen-bond donors (Lipinski definition) is 3. The second kappa shape index (κ2) is 9.62. The highest BCUT2D eigenvalue weighted by molar-refractivity contribution is 6.07. The van der Waals surface area contributed by atoms with Crippen LogP contribution in [0.5, 0.6) is 0 Å². The number of H-pyrrole nitrogens is 1. The van der Waals surface area contributed by atoms with Gasteiger partial charge in [0, 0.05) is 19.1 Å². The van der Waals surface area contributed by atoms with Crippen molar-refractivity contribution in [2.45, 2.75) is 44.2 Å². The van der Waals surface area contributed by atoms with Gasteiger partial charge in [-0.15, -0.1) is 0 Å². The number of para-hydroxylation sites is 2. The zero-order valence-corrected chi connectivity index (χ0v) is 20.2. The van der Waals surface area contributed by atoms with Crippen LogP contribution in [0, 0.1) is 0 Å². The molecule has 4 amide bonds. The standard InChI is InChI=1S/C26H30N6O4/c1-26(14-11-18-7-3-2-4-8-18)23(34)32(25(36)28-26)29-22(33)17-30-15-12-19(13-16-30)31-21-10-6-5-9-20(21)27-24(31)35/h2-10,19H,11-17H2,1H3,(H,27,35)(H,28,36)(H,29,33)/t26-/m1/s1. The number of aromatic nitrogens is 2. The quantitative estimate of drug-likeness (QED) is 0.438. The molecule has 1 aromatic heterocycles. The van der Waals surface area contributed by atoms with Gasteiger partial charge in [0.1, 0.15) is 5.54 Å². The summed E-state index contributed by atoms with van der Waals surface area (Å²) in [7, 11) is 0. The Morgan fingerprint density at radius 2 is 1.72 bits per heavy atom. The van der Waals surface area contributed by atoms with Gasteiger partial charge in [0.2, 0.25) is 0 Å². The minimum atomic E-state index is -1.08. The van der Waals surface area contributed by atoms with E-state index in [4.69, 9.17) is 0 Å². The van der Waals surface area contributed by atoms with Crippen LogP contribution in [-0.4, -0.2) is 62.5 Å². The van der Waals surface area contributed by atoms with Gasteiger partial charge in [0.05, 0.1) is 17.6 Å². The van der Waals surface area contributed by atoms with Crippen molar-refractivity contribution in [3.63, 3.8) is 0 Å². The number of urea groups is 1. The van der Waals surface area contributed by atoms with Crippen LogP contribution < -0.4 is 16.4 Å². The molecule has 3 heterocycles. The molecule has 2 aromatic carbocycles. The van der Waals surface area contributed by atoms with Crippen LogP contribution in [0.25, 0.3) is 11.0 Å². The number of carbonyl (C=O) groups is 3. The summed E-state index contributed by atoms with van der Waals surface area (Å²) in [6.45, 7) is 2.99. The zero-order valence-electron chi connectivity index (χ0n) is 20.2. The number of fused-ring (bicyclic) bond motifs is 1. The highest BCUT2D eigenvalue weighted by atomic mass is 16.2. The Hall–Kier alpha value is -3.92. The number of benzene rings is 2. The van der Waals surface area contributed by atoms with Crippen molar-refractivity contribution in [1.29, 1.82) is 0 Å². The average Bonchev–Trinajstić information content (AvgIpc) is 3.32. The van der Waals surface area contributed by atoms with Crippen LogP contribution >= 0.6 is 0 Å². The number of imide groups is 1. The second-order valence-electron chi connectivity index (χ2n) is 9.75. The highest BCUT2D eigenvalue weighted by Crippen LogP contribution is 2.25. The second-order valence-corrected chi connectivity index (χ2v) is 9.75. The third-order valence-electron chi connectivity index (χ3n) is 7.17. The van der Waals surface area contributed by atoms with E-state index in [0.29, 0.717) is 25.9 Å². The molecule has 2 aliphatic rings. The number of likely N-dealkylation sites (tertiary alicyclic amines) is 1. The fourth-order valence-electron chi connectivity index (χ4n) is 5.13. The number of nitrogens with one attached hydrogen (secondary N) is 3. The number of rotatable bonds is 7. The van der Waals surface area contributed by atoms with E-state index < -0.39 is 23.4 Å². The lowest BCUT2D eigenvalue weighted by Crippen LogP contribution is -2.52. The van der Waals surface area contributed by atoms with Crippen LogP contribution in [0.3, 0.4) is 0 Å². The van der Waals surface area contributed by atoms with Crippen LogP contribution in [0.2, 0.25) is 0 Å². The number of piperidine rings is 1. The Labute approximate surface area is 208 Å². The van der Waals surface area contributed by atoms with Gasteiger partial charge in [-0.25, -0.2) is 9.59 Å². The first kappa shape index (κ1) is 23.8. The van der Waals surface area contributed by atoms with Crippen molar-refractivity contribution in [2.24, 2.45) is 0 Å². The smallest absolute Gasteiger partial charge is 0.322 e. The molecule has 2 saturated heterocycles. The minimum absolute atomic E-state index is 0.0456. The van der Waals surface area contributed by atoms with E-state index >= 15 is 0 Å². The maximum atomic E-state index is 13.0. The number of hydrazine groups is 1. The molecule has 0 aliphatic carbocycles. The summed E-state index contributed by atoms with van der Waals surface area (Å²) in [6, 6.07) is 16.8. The SMILES string of the molecule is C[C@]1(CCc2ccccc2)NC(=O)N(NC(=O)CN2CCC(n3c(=O)[nH]c4ccccc43)CC2)C1=O. The number of carbonyl (C=O) groups excluding carboxylic acids is 3. The van der Waals surface area contributed by atoms with Crippen molar-refractivity contribution in [1.82, 2.24) is 30.2 Å². The molecule has 2 fully saturated rings. The van der Waals surface area contributed by atoms with Gasteiger partial charge in [-0.05, 0) is 50.3 Å². The molecule has 188 valence electrons. The Balaban J connectivity index is 1.14. The molecule has 0 saturated carbocycles. The third kappa shape index (κ3) is 4.64. The average molecular weight is 491 g/mol. The predicted octanol–water partition coefficient (Wildman–Crippen LogP) is 1.94. The monoisotopic (exact) mass is 490 g/mol. The number of aromatic amines is 1. The molecule has 5 rings (SSSR count). The molecule has 36 heavy (non-hydrogen) atoms. The van der Waals surface area contributed by atoms with E-state index in [2.05, 4.69) is 15.7 Å². The van der Waals surface area contributed by atoms with E-state index in [1.54, 1.807) is 11.5 Å². The molecule has 0 spiro atoms. The van der Waals surface area contributed by atoms with Gasteiger partial charge in [0.25, 0.3) is 11.8 Å². The summed E-state index contributed by atoms with van der Waals surface area (Å²) in [5.41, 5.74) is 4.05. The molecule has 2 aliphatic heterocycles. The molecule has 0 bridgehead atoms. The molecular weight excluding hydrogens is 460 g/mol. The lowest BCUT2D eigenvalue weighted by Gasteiger charge is -2.32. The number of aryl methyl sites for hydroxylation is 1. The Morgan fingerprint density at radius 1 is 1.03 bits per heavy atom. The highest BCUT2D eigenvalue weighted by Gasteiger charge is 2.48. The normalized spacial score (nSPS) is 21.2. The van der Waals surface area contributed by atoms with Gasteiger partial charge in [-0.3, -0.25) is 24.5 Å². The van der Waals surface area contributed by atoms with Gasteiger partial charge < -0.3 is 10.3 Å². The number of hydrogen-bond acceptors (Lipinski definition) is 5. The number of nitrogens with zero attached hydrogens (tertiary/aromatic N) is 3. The summed E-state index contributed by atoms with van der Waals surface area (Å²) in [5, 5.41) is 3.52. The van der Waals surface area contributed by atoms with Crippen LogP contribution in [0.15, 0.2) is 59.4 Å². The van der Waals surface area contributed by atoms with Gasteiger partial charge in [0.15, 0.2) is 0 Å². The maximum Gasteiger partial charge on any atom is 0.344 e. The van der Waals surface area contributed by atoms with Gasteiger partial charge in [-0.2, -0.15) is 5.01 Å². The minimum Gasteiger partial charge on any atom is -0.322 e. The molecular formula is C26H30N6O4. The topological polar surface area (TPSA) is 120 Å². The molecule has 10 nitrogen and oxygen atoms in total. The largest absolute Gasteiger partial charge is 0.344 e. The van der Waals surface area contributed by atoms with Gasteiger partial charge >= 0.3 is 11.7 Å². The predicted molar refractivity (Wildman–Crippen MR) is 134 cm³/mol. The fourth-order valence-corrected chi connectivity index (χ4v) is 5.13. The first-order chi connectivity index (χ1) is 17.3. The third-order valence-corrected chi connectivity index (χ3v) is 7.17. The summed E-state index contributed by atoms with van der Waals surface area (Å²) in [4.78, 5) is 55.5. The van der Waals surface area contributed by atoms with Crippen molar-refractivity contribution in [3.8, 4) is 0 Å². The zero-order chi connectivity index (χ0) is 25.3. The number of amides is 4. The first-order valence-electron chi connectivity index (χ1n) is 12.3. The van der Waals surface area contributed by atoms with E-state index in [1.165, 1.54) is 0 Å². The van der Waals surface area contributed by atoms with E-state index in [1.807, 2.05) is 59.5 Å². The Bertz CT molecular complexity index is 1340. The summed E-state index contributed by atoms with van der Waals surface area (Å²) in [5.74, 6) is -0.886. The van der Waals surface area contributed by atoms with Crippen molar-refractivity contribution < 1.29 is 14.4 Å². The molecule has 0 unspecified atom stereocenters. The summed E-state index contributed by atoms with van der Waals surface area (Å²) >= 11 is 0. The van der Waals surface area contributed by atoms with Crippen LogP contribution in [-0.2, 0) is 16.0 Å². The van der Waals surface area contributed by atoms with Crippen molar-refractivity contribution in [2.75, 3.05) is 19.6 Å². The van der Waals surface area contributed by atoms with E-state index in [9.17, 15) is 19.2 Å². The van der Waals surface area contributed by atoms with Crippen molar-refractivity contribution in [3.05, 3.63) is 70.6 Å². The molecule has 3 aromatic rings. The summed E-state index contributed by atoms with van der Waals surface area (Å²) in [6.07, 6.45) is 2.49. The van der Waals surface area contributed by atoms with Crippen LogP contribution in [0.1, 0.15) is 37.8 Å². The molecule has 10 heteroatoms. The lowest BCUT2D eigenvalue weighted by atomic mass is 9.93. The first-order valence-corrected chi connectivity index (χ1v) is 12.3. The molecule has 3 N–H and O–H groups in total.